The quantitative estimate of drug-likeness (QED) is 0.642. The Labute approximate surface area is 122 Å². The minimum absolute atomic E-state index is 0.0360. The van der Waals surface area contributed by atoms with Gasteiger partial charge in [-0.2, -0.15) is 0 Å². The minimum Gasteiger partial charge on any atom is -0.370 e. The normalized spacial score (nSPS) is 10.3. The van der Waals surface area contributed by atoms with E-state index in [-0.39, 0.29) is 5.91 Å². The first kappa shape index (κ1) is 16.5. The molecule has 0 saturated carbocycles. The second kappa shape index (κ2) is 10.2. The molecule has 0 unspecified atom stereocenters. The van der Waals surface area contributed by atoms with Crippen LogP contribution in [0.5, 0.6) is 0 Å². The van der Waals surface area contributed by atoms with Gasteiger partial charge in [0.25, 0.3) is 5.91 Å². The highest BCUT2D eigenvalue weighted by Gasteiger charge is 2.05. The number of anilines is 1. The van der Waals surface area contributed by atoms with Crippen molar-refractivity contribution in [3.63, 3.8) is 0 Å². The Morgan fingerprint density at radius 3 is 2.35 bits per heavy atom. The zero-order chi connectivity index (χ0) is 14.6. The Hall–Kier alpha value is -1.58. The summed E-state index contributed by atoms with van der Waals surface area (Å²) in [5.74, 6) is 0.801. The van der Waals surface area contributed by atoms with Crippen molar-refractivity contribution >= 4 is 11.7 Å². The van der Waals surface area contributed by atoms with Gasteiger partial charge in [0.1, 0.15) is 5.82 Å². The predicted molar refractivity (Wildman–Crippen MR) is 84.1 cm³/mol. The number of aromatic nitrogens is 1. The third-order valence-corrected chi connectivity index (χ3v) is 3.18. The van der Waals surface area contributed by atoms with E-state index in [2.05, 4.69) is 29.5 Å². The fourth-order valence-corrected chi connectivity index (χ4v) is 1.90. The van der Waals surface area contributed by atoms with Crippen LogP contribution in [0.15, 0.2) is 18.3 Å². The van der Waals surface area contributed by atoms with E-state index in [4.69, 9.17) is 0 Å². The van der Waals surface area contributed by atoms with Gasteiger partial charge in [-0.1, -0.05) is 39.5 Å². The van der Waals surface area contributed by atoms with Crippen LogP contribution in [0.2, 0.25) is 0 Å². The molecule has 0 bridgehead atoms. The Morgan fingerprint density at radius 1 is 1.05 bits per heavy atom. The van der Waals surface area contributed by atoms with Crippen LogP contribution in [0.4, 0.5) is 5.82 Å². The van der Waals surface area contributed by atoms with Crippen molar-refractivity contribution in [2.75, 3.05) is 18.4 Å². The summed E-state index contributed by atoms with van der Waals surface area (Å²) >= 11 is 0. The first-order valence-electron chi connectivity index (χ1n) is 7.76. The number of rotatable bonds is 10. The second-order valence-corrected chi connectivity index (χ2v) is 5.03. The van der Waals surface area contributed by atoms with Gasteiger partial charge in [0.05, 0.1) is 5.56 Å². The summed E-state index contributed by atoms with van der Waals surface area (Å²) < 4.78 is 0. The van der Waals surface area contributed by atoms with E-state index in [1.165, 1.54) is 12.8 Å². The molecule has 0 aliphatic rings. The molecule has 2 N–H and O–H groups in total. The van der Waals surface area contributed by atoms with E-state index in [9.17, 15) is 4.79 Å². The number of carbonyl (C=O) groups excluding carboxylic acids is 1. The van der Waals surface area contributed by atoms with Crippen LogP contribution in [-0.4, -0.2) is 24.0 Å². The number of hydrogen-bond acceptors (Lipinski definition) is 3. The maximum absolute atomic E-state index is 11.8. The van der Waals surface area contributed by atoms with Crippen LogP contribution in [0, 0.1) is 0 Å². The van der Waals surface area contributed by atoms with Crippen LogP contribution in [0.25, 0.3) is 0 Å². The number of hydrogen-bond donors (Lipinski definition) is 2. The Kier molecular flexibility index (Phi) is 8.43. The Balaban J connectivity index is 2.31. The highest BCUT2D eigenvalue weighted by molar-refractivity contribution is 5.93. The zero-order valence-electron chi connectivity index (χ0n) is 12.7. The van der Waals surface area contributed by atoms with Crippen molar-refractivity contribution in [3.05, 3.63) is 23.9 Å². The maximum Gasteiger partial charge on any atom is 0.252 e. The van der Waals surface area contributed by atoms with Crippen LogP contribution in [0.3, 0.4) is 0 Å². The molecule has 0 fully saturated rings. The highest BCUT2D eigenvalue weighted by atomic mass is 16.1. The van der Waals surface area contributed by atoms with E-state index in [0.717, 1.165) is 44.6 Å². The third kappa shape index (κ3) is 6.55. The molecular formula is C16H27N3O. The van der Waals surface area contributed by atoms with Gasteiger partial charge < -0.3 is 10.6 Å². The van der Waals surface area contributed by atoms with Crippen molar-refractivity contribution in [3.8, 4) is 0 Å². The average Bonchev–Trinajstić information content (AvgIpc) is 2.48. The van der Waals surface area contributed by atoms with E-state index < -0.39 is 0 Å². The molecule has 1 aromatic heterocycles. The standard InChI is InChI=1S/C16H27N3O/c1-3-5-7-11-17-15-10-9-14(13-19-15)16(20)18-12-8-6-4-2/h9-10,13H,3-8,11-12H2,1-2H3,(H,17,19)(H,18,20). The van der Waals surface area contributed by atoms with Crippen LogP contribution >= 0.6 is 0 Å². The summed E-state index contributed by atoms with van der Waals surface area (Å²) in [5.41, 5.74) is 0.626. The van der Waals surface area contributed by atoms with Crippen molar-refractivity contribution in [2.24, 2.45) is 0 Å². The molecule has 0 radical (unpaired) electrons. The highest BCUT2D eigenvalue weighted by Crippen LogP contribution is 2.06. The molecule has 0 spiro atoms. The van der Waals surface area contributed by atoms with Gasteiger partial charge in [-0.3, -0.25) is 4.79 Å². The molecule has 4 heteroatoms. The predicted octanol–water partition coefficient (Wildman–Crippen LogP) is 3.60. The fourth-order valence-electron chi connectivity index (χ4n) is 1.90. The maximum atomic E-state index is 11.8. The molecule has 0 aliphatic carbocycles. The number of pyridine rings is 1. The Morgan fingerprint density at radius 2 is 1.75 bits per heavy atom. The molecule has 1 heterocycles. The molecule has 20 heavy (non-hydrogen) atoms. The molecule has 1 aromatic rings. The number of nitrogens with one attached hydrogen (secondary N) is 2. The van der Waals surface area contributed by atoms with Crippen molar-refractivity contribution < 1.29 is 4.79 Å². The zero-order valence-corrected chi connectivity index (χ0v) is 12.7. The SMILES string of the molecule is CCCCCNC(=O)c1ccc(NCCCCC)nc1. The summed E-state index contributed by atoms with van der Waals surface area (Å²) in [6, 6.07) is 3.69. The molecule has 0 atom stereocenters. The molecule has 4 nitrogen and oxygen atoms in total. The number of unbranched alkanes of at least 4 members (excludes halogenated alkanes) is 4. The van der Waals surface area contributed by atoms with E-state index in [1.807, 2.05) is 12.1 Å². The molecule has 112 valence electrons. The fraction of sp³-hybridized carbons (Fsp3) is 0.625. The molecular weight excluding hydrogens is 250 g/mol. The minimum atomic E-state index is -0.0360. The van der Waals surface area contributed by atoms with Gasteiger partial charge in [0.15, 0.2) is 0 Å². The average molecular weight is 277 g/mol. The number of carbonyl (C=O) groups is 1. The summed E-state index contributed by atoms with van der Waals surface area (Å²) in [5, 5.41) is 6.18. The number of amides is 1. The van der Waals surface area contributed by atoms with Gasteiger partial charge in [0.2, 0.25) is 0 Å². The Bertz CT molecular complexity index is 376. The van der Waals surface area contributed by atoms with E-state index >= 15 is 0 Å². The molecule has 1 rings (SSSR count). The second-order valence-electron chi connectivity index (χ2n) is 5.03. The van der Waals surface area contributed by atoms with Gasteiger partial charge in [-0.05, 0) is 25.0 Å². The molecule has 0 aliphatic heterocycles. The van der Waals surface area contributed by atoms with Gasteiger partial charge in [-0.15, -0.1) is 0 Å². The van der Waals surface area contributed by atoms with E-state index in [1.54, 1.807) is 6.20 Å². The lowest BCUT2D eigenvalue weighted by atomic mass is 10.2. The third-order valence-electron chi connectivity index (χ3n) is 3.18. The monoisotopic (exact) mass is 277 g/mol. The van der Waals surface area contributed by atoms with Crippen molar-refractivity contribution in [1.29, 1.82) is 0 Å². The summed E-state index contributed by atoms with van der Waals surface area (Å²) in [4.78, 5) is 16.1. The first-order chi connectivity index (χ1) is 9.77. The summed E-state index contributed by atoms with van der Waals surface area (Å²) in [7, 11) is 0. The molecule has 1 amide bonds. The summed E-state index contributed by atoms with van der Waals surface area (Å²) in [6.45, 7) is 6.01. The van der Waals surface area contributed by atoms with Crippen molar-refractivity contribution in [2.45, 2.75) is 52.4 Å². The van der Waals surface area contributed by atoms with Crippen LogP contribution in [0.1, 0.15) is 62.7 Å². The van der Waals surface area contributed by atoms with Crippen molar-refractivity contribution in [1.82, 2.24) is 10.3 Å². The lowest BCUT2D eigenvalue weighted by Gasteiger charge is -2.07. The van der Waals surface area contributed by atoms with E-state index in [0.29, 0.717) is 5.56 Å². The van der Waals surface area contributed by atoms with Gasteiger partial charge in [-0.25, -0.2) is 4.98 Å². The lowest BCUT2D eigenvalue weighted by Crippen LogP contribution is -2.24. The smallest absolute Gasteiger partial charge is 0.252 e. The summed E-state index contributed by atoms with van der Waals surface area (Å²) in [6.07, 6.45) is 8.58. The largest absolute Gasteiger partial charge is 0.370 e. The number of nitrogens with zero attached hydrogens (tertiary/aromatic N) is 1. The molecule has 0 aromatic carbocycles. The van der Waals surface area contributed by atoms with Crippen LogP contribution < -0.4 is 10.6 Å². The first-order valence-corrected chi connectivity index (χ1v) is 7.76. The topological polar surface area (TPSA) is 54.0 Å². The van der Waals surface area contributed by atoms with Gasteiger partial charge >= 0.3 is 0 Å². The van der Waals surface area contributed by atoms with Crippen LogP contribution in [-0.2, 0) is 0 Å². The lowest BCUT2D eigenvalue weighted by molar-refractivity contribution is 0.0952. The molecule has 0 saturated heterocycles. The van der Waals surface area contributed by atoms with Gasteiger partial charge in [0, 0.05) is 19.3 Å².